The molecule has 0 amide bonds. The van der Waals surface area contributed by atoms with Crippen LogP contribution in [0.5, 0.6) is 11.5 Å². The standard InChI is InChI=1S/C26H20F4O3/c1-32-22-5-3-4-17(26(22)33-2)19-12-15(14-6-8-16(27)9-7-14)13-20(19)25(31)18-10-11-21(28)24(30)23(18)29/h3-11,13,19-20H,12H2,1-2H3. The molecule has 4 rings (SSSR count). The molecule has 0 saturated carbocycles. The summed E-state index contributed by atoms with van der Waals surface area (Å²) in [5, 5.41) is 0. The summed E-state index contributed by atoms with van der Waals surface area (Å²) in [4.78, 5) is 13.4. The van der Waals surface area contributed by atoms with E-state index in [2.05, 4.69) is 0 Å². The molecule has 2 unspecified atom stereocenters. The molecule has 1 aliphatic rings. The molecule has 0 fully saturated rings. The first kappa shape index (κ1) is 22.6. The summed E-state index contributed by atoms with van der Waals surface area (Å²) < 4.78 is 66.1. The summed E-state index contributed by atoms with van der Waals surface area (Å²) in [7, 11) is 2.95. The van der Waals surface area contributed by atoms with Crippen molar-refractivity contribution in [2.45, 2.75) is 12.3 Å². The van der Waals surface area contributed by atoms with E-state index in [-0.39, 0.29) is 0 Å². The van der Waals surface area contributed by atoms with E-state index in [0.717, 1.165) is 17.7 Å². The van der Waals surface area contributed by atoms with Gasteiger partial charge < -0.3 is 9.47 Å². The van der Waals surface area contributed by atoms with Gasteiger partial charge in [-0.1, -0.05) is 30.3 Å². The molecule has 0 spiro atoms. The topological polar surface area (TPSA) is 35.5 Å². The number of allylic oxidation sites excluding steroid dienone is 2. The summed E-state index contributed by atoms with van der Waals surface area (Å²) in [6.07, 6.45) is 2.02. The molecule has 7 heteroatoms. The molecule has 170 valence electrons. The average molecular weight is 456 g/mol. The van der Waals surface area contributed by atoms with Crippen molar-refractivity contribution in [2.75, 3.05) is 14.2 Å². The first-order valence-electron chi connectivity index (χ1n) is 10.2. The molecule has 0 N–H and O–H groups in total. The summed E-state index contributed by atoms with van der Waals surface area (Å²) >= 11 is 0. The van der Waals surface area contributed by atoms with Gasteiger partial charge in [-0.25, -0.2) is 17.6 Å². The highest BCUT2D eigenvalue weighted by Crippen LogP contribution is 2.48. The minimum Gasteiger partial charge on any atom is -0.493 e. The summed E-state index contributed by atoms with van der Waals surface area (Å²) in [5.41, 5.74) is 1.55. The highest BCUT2D eigenvalue weighted by atomic mass is 19.2. The summed E-state index contributed by atoms with van der Waals surface area (Å²) in [6.45, 7) is 0. The van der Waals surface area contributed by atoms with Gasteiger partial charge in [-0.05, 0) is 47.9 Å². The summed E-state index contributed by atoms with van der Waals surface area (Å²) in [6, 6.07) is 12.7. The van der Waals surface area contributed by atoms with Crippen molar-refractivity contribution in [3.63, 3.8) is 0 Å². The number of methoxy groups -OCH3 is 2. The van der Waals surface area contributed by atoms with Gasteiger partial charge in [0.1, 0.15) is 5.82 Å². The van der Waals surface area contributed by atoms with Crippen molar-refractivity contribution in [1.82, 2.24) is 0 Å². The van der Waals surface area contributed by atoms with Gasteiger partial charge in [0.25, 0.3) is 0 Å². The Morgan fingerprint density at radius 3 is 2.27 bits per heavy atom. The first-order valence-corrected chi connectivity index (χ1v) is 10.2. The Morgan fingerprint density at radius 2 is 1.61 bits per heavy atom. The number of para-hydroxylation sites is 1. The molecule has 3 aromatic carbocycles. The summed E-state index contributed by atoms with van der Waals surface area (Å²) in [5.74, 6) is -6.22. The molecule has 0 heterocycles. The normalized spacial score (nSPS) is 17.6. The number of rotatable bonds is 6. The fraction of sp³-hybridized carbons (Fsp3) is 0.192. The predicted molar refractivity (Wildman–Crippen MR) is 115 cm³/mol. The van der Waals surface area contributed by atoms with Crippen LogP contribution in [0.4, 0.5) is 17.6 Å². The number of ether oxygens (including phenoxy) is 2. The van der Waals surface area contributed by atoms with Crippen LogP contribution in [0.3, 0.4) is 0 Å². The van der Waals surface area contributed by atoms with Crippen molar-refractivity contribution < 1.29 is 31.8 Å². The molecule has 0 aliphatic heterocycles. The van der Waals surface area contributed by atoms with Crippen LogP contribution in [0.15, 0.2) is 60.7 Å². The van der Waals surface area contributed by atoms with E-state index in [9.17, 15) is 22.4 Å². The first-order chi connectivity index (χ1) is 15.8. The zero-order valence-electron chi connectivity index (χ0n) is 17.9. The number of carbonyl (C=O) groups is 1. The fourth-order valence-corrected chi connectivity index (χ4v) is 4.30. The lowest BCUT2D eigenvalue weighted by Crippen LogP contribution is -2.20. The quantitative estimate of drug-likeness (QED) is 0.247. The molecule has 0 saturated heterocycles. The highest BCUT2D eigenvalue weighted by Gasteiger charge is 2.38. The van der Waals surface area contributed by atoms with Crippen molar-refractivity contribution >= 4 is 11.4 Å². The molecule has 0 bridgehead atoms. The molecular weight excluding hydrogens is 436 g/mol. The van der Waals surface area contributed by atoms with Crippen molar-refractivity contribution in [1.29, 1.82) is 0 Å². The van der Waals surface area contributed by atoms with Gasteiger partial charge in [0, 0.05) is 17.4 Å². The molecular formula is C26H20F4O3. The Labute approximate surface area is 188 Å². The largest absolute Gasteiger partial charge is 0.493 e. The van der Waals surface area contributed by atoms with E-state index >= 15 is 0 Å². The Balaban J connectivity index is 1.83. The fourth-order valence-electron chi connectivity index (χ4n) is 4.30. The number of ketones is 1. The van der Waals surface area contributed by atoms with Crippen molar-refractivity contribution in [3.05, 3.63) is 101 Å². The van der Waals surface area contributed by atoms with E-state index in [4.69, 9.17) is 9.47 Å². The third kappa shape index (κ3) is 4.11. The van der Waals surface area contributed by atoms with Gasteiger partial charge >= 0.3 is 0 Å². The maximum Gasteiger partial charge on any atom is 0.195 e. The lowest BCUT2D eigenvalue weighted by molar-refractivity contribution is 0.0929. The van der Waals surface area contributed by atoms with E-state index < -0.39 is 46.5 Å². The Hall–Kier alpha value is -3.61. The number of Topliss-reactive ketones (excluding diaryl/α,β-unsaturated/α-hetero) is 1. The van der Waals surface area contributed by atoms with E-state index in [1.54, 1.807) is 36.4 Å². The highest BCUT2D eigenvalue weighted by molar-refractivity contribution is 6.01. The Kier molecular flexibility index (Phi) is 6.22. The van der Waals surface area contributed by atoms with Crippen molar-refractivity contribution in [2.24, 2.45) is 5.92 Å². The third-order valence-corrected chi connectivity index (χ3v) is 5.91. The molecule has 3 nitrogen and oxygen atoms in total. The van der Waals surface area contributed by atoms with Crippen LogP contribution in [-0.2, 0) is 0 Å². The maximum atomic E-state index is 14.5. The zero-order valence-corrected chi connectivity index (χ0v) is 17.9. The molecule has 33 heavy (non-hydrogen) atoms. The van der Waals surface area contributed by atoms with Gasteiger partial charge in [0.15, 0.2) is 34.7 Å². The number of benzene rings is 3. The number of hydrogen-bond acceptors (Lipinski definition) is 3. The van der Waals surface area contributed by atoms with Gasteiger partial charge in [-0.2, -0.15) is 0 Å². The van der Waals surface area contributed by atoms with Crippen LogP contribution in [0, 0.1) is 29.2 Å². The number of halogens is 4. The van der Waals surface area contributed by atoms with Crippen LogP contribution in [0.1, 0.15) is 33.8 Å². The second-order valence-corrected chi connectivity index (χ2v) is 7.71. The molecule has 2 atom stereocenters. The Morgan fingerprint density at radius 1 is 0.879 bits per heavy atom. The minimum atomic E-state index is -1.70. The Bertz CT molecular complexity index is 1240. The van der Waals surface area contributed by atoms with E-state index in [1.165, 1.54) is 26.4 Å². The van der Waals surface area contributed by atoms with Gasteiger partial charge in [0.05, 0.1) is 19.8 Å². The lowest BCUT2D eigenvalue weighted by Gasteiger charge is -2.22. The average Bonchev–Trinajstić information content (AvgIpc) is 3.27. The molecule has 0 radical (unpaired) electrons. The molecule has 3 aromatic rings. The minimum absolute atomic E-state index is 0.358. The SMILES string of the molecule is COc1cccc(C2CC(c3ccc(F)cc3)=CC2C(=O)c2ccc(F)c(F)c2F)c1OC. The van der Waals surface area contributed by atoms with E-state index in [0.29, 0.717) is 29.0 Å². The van der Waals surface area contributed by atoms with Crippen molar-refractivity contribution in [3.8, 4) is 11.5 Å². The van der Waals surface area contributed by atoms with Crippen LogP contribution in [0.25, 0.3) is 5.57 Å². The monoisotopic (exact) mass is 456 g/mol. The van der Waals surface area contributed by atoms with Gasteiger partial charge in [0.2, 0.25) is 0 Å². The van der Waals surface area contributed by atoms with E-state index in [1.807, 2.05) is 0 Å². The second kappa shape index (κ2) is 9.10. The van der Waals surface area contributed by atoms with Crippen LogP contribution in [-0.4, -0.2) is 20.0 Å². The maximum absolute atomic E-state index is 14.5. The number of carbonyl (C=O) groups excluding carboxylic acids is 1. The van der Waals surface area contributed by atoms with Crippen LogP contribution in [0.2, 0.25) is 0 Å². The van der Waals surface area contributed by atoms with Gasteiger partial charge in [-0.15, -0.1) is 0 Å². The smallest absolute Gasteiger partial charge is 0.195 e. The lowest BCUT2D eigenvalue weighted by atomic mass is 9.82. The van der Waals surface area contributed by atoms with Crippen LogP contribution >= 0.6 is 0 Å². The zero-order chi connectivity index (χ0) is 23.7. The predicted octanol–water partition coefficient (Wildman–Crippen LogP) is 6.33. The number of hydrogen-bond donors (Lipinski definition) is 0. The van der Waals surface area contributed by atoms with Crippen LogP contribution < -0.4 is 9.47 Å². The van der Waals surface area contributed by atoms with Gasteiger partial charge in [-0.3, -0.25) is 4.79 Å². The third-order valence-electron chi connectivity index (χ3n) is 5.91. The molecule has 0 aromatic heterocycles. The molecule has 1 aliphatic carbocycles. The second-order valence-electron chi connectivity index (χ2n) is 7.71.